The average Bonchev–Trinajstić information content (AvgIpc) is 2.45. The Morgan fingerprint density at radius 2 is 1.93 bits per heavy atom. The lowest BCUT2D eigenvalue weighted by molar-refractivity contribution is 0.619. The molecule has 76 valence electrons. The highest BCUT2D eigenvalue weighted by Gasteiger charge is 2.00. The van der Waals surface area contributed by atoms with Gasteiger partial charge in [0.05, 0.1) is 5.36 Å². The molecule has 0 saturated carbocycles. The van der Waals surface area contributed by atoms with Crippen LogP contribution in [0.2, 0.25) is 0 Å². The van der Waals surface area contributed by atoms with Crippen LogP contribution in [-0.2, 0) is 0 Å². The molecule has 1 aliphatic heterocycles. The van der Waals surface area contributed by atoms with Gasteiger partial charge in [-0.1, -0.05) is 45.0 Å². The number of rotatable bonds is 0. The van der Waals surface area contributed by atoms with E-state index in [4.69, 9.17) is 0 Å². The third kappa shape index (κ3) is 2.69. The number of hydrogen-bond acceptors (Lipinski definition) is 1. The van der Waals surface area contributed by atoms with Crippen molar-refractivity contribution < 1.29 is 0 Å². The van der Waals surface area contributed by atoms with Gasteiger partial charge in [0.1, 0.15) is 0 Å². The fraction of sp³-hybridized carbons (Fsp3) is 0.462. The van der Waals surface area contributed by atoms with E-state index in [0.717, 1.165) is 18.3 Å². The lowest BCUT2D eigenvalue weighted by atomic mass is 10.1. The quantitative estimate of drug-likeness (QED) is 0.593. The Morgan fingerprint density at radius 1 is 1.21 bits per heavy atom. The highest BCUT2D eigenvalue weighted by molar-refractivity contribution is 5.24. The molecule has 1 heteroatoms. The predicted octanol–water partition coefficient (Wildman–Crippen LogP) is 2.15. The molecule has 1 nitrogen and oxygen atoms in total. The standard InChI is InChI=1S/C11H13N.C2H6/c1-9-6-7-10-4-2-3-5-11(10)12-8-9;1-2/h2-5,7,9H,6,8H2,1H3;1-2H3. The van der Waals surface area contributed by atoms with Crippen LogP contribution < -0.4 is 10.6 Å². The van der Waals surface area contributed by atoms with E-state index in [2.05, 4.69) is 36.2 Å². The van der Waals surface area contributed by atoms with E-state index >= 15 is 0 Å². The van der Waals surface area contributed by atoms with Gasteiger partial charge in [0.25, 0.3) is 0 Å². The number of hydrogen-bond donors (Lipinski definition) is 0. The van der Waals surface area contributed by atoms with Gasteiger partial charge >= 0.3 is 0 Å². The molecule has 1 aliphatic rings. The summed E-state index contributed by atoms with van der Waals surface area (Å²) < 4.78 is 0. The second kappa shape index (κ2) is 5.58. The van der Waals surface area contributed by atoms with Crippen molar-refractivity contribution in [1.82, 2.24) is 0 Å². The Kier molecular flexibility index (Phi) is 4.37. The molecule has 0 spiro atoms. The molecule has 2 rings (SSSR count). The first-order chi connectivity index (χ1) is 6.86. The van der Waals surface area contributed by atoms with Crippen LogP contribution in [0.4, 0.5) is 0 Å². The molecule has 0 amide bonds. The van der Waals surface area contributed by atoms with Gasteiger partial charge < -0.3 is 0 Å². The van der Waals surface area contributed by atoms with Crippen LogP contribution in [0.15, 0.2) is 29.3 Å². The first kappa shape index (κ1) is 11.0. The molecule has 14 heavy (non-hydrogen) atoms. The van der Waals surface area contributed by atoms with E-state index < -0.39 is 0 Å². The largest absolute Gasteiger partial charge is 0.284 e. The normalized spacial score (nSPS) is 18.9. The van der Waals surface area contributed by atoms with Gasteiger partial charge in [-0.25, -0.2) is 0 Å². The molecule has 0 bridgehead atoms. The van der Waals surface area contributed by atoms with Gasteiger partial charge in [0, 0.05) is 6.54 Å². The second-order valence-corrected chi connectivity index (χ2v) is 3.44. The minimum absolute atomic E-state index is 0.692. The van der Waals surface area contributed by atoms with Crippen LogP contribution in [0.3, 0.4) is 0 Å². The molecule has 1 aromatic carbocycles. The molecular formula is C13H19N. The van der Waals surface area contributed by atoms with E-state index in [1.165, 1.54) is 5.22 Å². The third-order valence-electron chi connectivity index (χ3n) is 2.25. The summed E-state index contributed by atoms with van der Waals surface area (Å²) in [5.41, 5.74) is 0. The summed E-state index contributed by atoms with van der Waals surface area (Å²) in [5.74, 6) is 0.692. The monoisotopic (exact) mass is 189 g/mol. The highest BCUT2D eigenvalue weighted by atomic mass is 14.7. The van der Waals surface area contributed by atoms with E-state index in [1.54, 1.807) is 0 Å². The predicted molar refractivity (Wildman–Crippen MR) is 61.7 cm³/mol. The van der Waals surface area contributed by atoms with Crippen LogP contribution in [0.1, 0.15) is 27.2 Å². The molecule has 0 aromatic heterocycles. The minimum Gasteiger partial charge on any atom is -0.284 e. The zero-order valence-electron chi connectivity index (χ0n) is 9.33. The average molecular weight is 189 g/mol. The Balaban J connectivity index is 0.000000461. The lowest BCUT2D eigenvalue weighted by Gasteiger charge is -1.99. The zero-order valence-corrected chi connectivity index (χ0v) is 9.33. The Morgan fingerprint density at radius 3 is 2.71 bits per heavy atom. The molecule has 0 radical (unpaired) electrons. The van der Waals surface area contributed by atoms with Crippen LogP contribution in [0.25, 0.3) is 6.08 Å². The Bertz CT molecular complexity index is 341. The fourth-order valence-corrected chi connectivity index (χ4v) is 1.46. The molecule has 1 atom stereocenters. The smallest absolute Gasteiger partial charge is 0.0643 e. The van der Waals surface area contributed by atoms with Crippen LogP contribution >= 0.6 is 0 Å². The van der Waals surface area contributed by atoms with Crippen molar-refractivity contribution in [1.29, 1.82) is 0 Å². The molecule has 1 aromatic rings. The summed E-state index contributed by atoms with van der Waals surface area (Å²) in [6.45, 7) is 7.21. The molecule has 0 N–H and O–H groups in total. The third-order valence-corrected chi connectivity index (χ3v) is 2.25. The van der Waals surface area contributed by atoms with E-state index in [-0.39, 0.29) is 0 Å². The van der Waals surface area contributed by atoms with Gasteiger partial charge in [-0.3, -0.25) is 4.99 Å². The van der Waals surface area contributed by atoms with Crippen LogP contribution in [0.5, 0.6) is 0 Å². The molecule has 1 heterocycles. The molecule has 0 saturated heterocycles. The molecule has 1 unspecified atom stereocenters. The number of fused-ring (bicyclic) bond motifs is 1. The Labute approximate surface area is 86.2 Å². The second-order valence-electron chi connectivity index (χ2n) is 3.44. The number of benzene rings is 1. The van der Waals surface area contributed by atoms with Crippen molar-refractivity contribution in [2.75, 3.05) is 6.54 Å². The van der Waals surface area contributed by atoms with Crippen molar-refractivity contribution in [2.45, 2.75) is 27.2 Å². The Hall–Kier alpha value is -1.11. The van der Waals surface area contributed by atoms with Gasteiger partial charge in [0.15, 0.2) is 0 Å². The van der Waals surface area contributed by atoms with Crippen molar-refractivity contribution >= 4 is 6.08 Å². The summed E-state index contributed by atoms with van der Waals surface area (Å²) in [4.78, 5) is 4.54. The van der Waals surface area contributed by atoms with E-state index in [1.807, 2.05) is 19.9 Å². The van der Waals surface area contributed by atoms with E-state index in [9.17, 15) is 0 Å². The molecule has 0 fully saturated rings. The maximum atomic E-state index is 4.54. The van der Waals surface area contributed by atoms with E-state index in [0.29, 0.717) is 5.92 Å². The minimum atomic E-state index is 0.692. The van der Waals surface area contributed by atoms with Crippen molar-refractivity contribution in [3.8, 4) is 0 Å². The fourth-order valence-electron chi connectivity index (χ4n) is 1.46. The summed E-state index contributed by atoms with van der Waals surface area (Å²) in [6.07, 6.45) is 3.44. The molecular weight excluding hydrogens is 170 g/mol. The SMILES string of the molecule is CC.CC1CC=c2ccccc2=NC1. The van der Waals surface area contributed by atoms with Crippen LogP contribution in [-0.4, -0.2) is 6.54 Å². The maximum absolute atomic E-state index is 4.54. The maximum Gasteiger partial charge on any atom is 0.0643 e. The summed E-state index contributed by atoms with van der Waals surface area (Å²) in [6, 6.07) is 8.34. The summed E-state index contributed by atoms with van der Waals surface area (Å²) in [5, 5.41) is 2.45. The van der Waals surface area contributed by atoms with Crippen molar-refractivity contribution in [2.24, 2.45) is 10.9 Å². The van der Waals surface area contributed by atoms with Gasteiger partial charge in [0.2, 0.25) is 0 Å². The first-order valence-electron chi connectivity index (χ1n) is 5.46. The summed E-state index contributed by atoms with van der Waals surface area (Å²) in [7, 11) is 0. The highest BCUT2D eigenvalue weighted by Crippen LogP contribution is 2.03. The van der Waals surface area contributed by atoms with Crippen molar-refractivity contribution in [3.05, 3.63) is 34.8 Å². The number of nitrogens with zero attached hydrogens (tertiary/aromatic N) is 1. The van der Waals surface area contributed by atoms with Gasteiger partial charge in [-0.2, -0.15) is 0 Å². The van der Waals surface area contributed by atoms with Crippen LogP contribution in [0, 0.1) is 5.92 Å². The summed E-state index contributed by atoms with van der Waals surface area (Å²) >= 11 is 0. The topological polar surface area (TPSA) is 12.4 Å². The molecule has 0 aliphatic carbocycles. The van der Waals surface area contributed by atoms with Gasteiger partial charge in [-0.15, -0.1) is 0 Å². The zero-order chi connectivity index (χ0) is 10.4. The first-order valence-corrected chi connectivity index (χ1v) is 5.46. The number of para-hydroxylation sites is 1. The lowest BCUT2D eigenvalue weighted by Crippen LogP contribution is -2.23. The van der Waals surface area contributed by atoms with Crippen molar-refractivity contribution in [3.63, 3.8) is 0 Å². The van der Waals surface area contributed by atoms with Gasteiger partial charge in [-0.05, 0) is 23.6 Å².